The second kappa shape index (κ2) is 50.6. The van der Waals surface area contributed by atoms with Crippen LogP contribution in [0.1, 0.15) is 413 Å². The molecule has 0 bridgehead atoms. The fourth-order valence-corrected chi connectivity index (χ4v) is 14.2. The molecule has 1 aromatic rings. The first-order valence-corrected chi connectivity index (χ1v) is 36.8. The van der Waals surface area contributed by atoms with Crippen molar-refractivity contribution in [3.05, 3.63) is 22.7 Å². The SMILES string of the molecule is CCCCCCCCCCCCCCCC[C@]1(CO)O[C@@](CCCCCCCCCCCCCCCC)(n2ccc(N)nc2=O)[C@@](O)(CCCCCCCCCCCCCCCC)[C@@]1(O)CCCCCCCCCCCCCCCC. The zero-order valence-electron chi connectivity index (χ0n) is 54.9. The number of unbranched alkanes of at least 4 members (excludes halogenated alkanes) is 52. The Bertz CT molecular complexity index is 1590. The molecule has 2 rings (SSSR count). The smallest absolute Gasteiger partial charge is 0.351 e. The Labute approximate surface area is 503 Å². The van der Waals surface area contributed by atoms with Crippen LogP contribution < -0.4 is 11.4 Å². The largest absolute Gasteiger partial charge is 0.393 e. The van der Waals surface area contributed by atoms with E-state index in [9.17, 15) is 20.1 Å². The van der Waals surface area contributed by atoms with E-state index in [4.69, 9.17) is 10.5 Å². The molecule has 1 aliphatic rings. The quantitative estimate of drug-likeness (QED) is 0.0478. The van der Waals surface area contributed by atoms with Crippen molar-refractivity contribution < 1.29 is 20.1 Å². The van der Waals surface area contributed by atoms with Crippen LogP contribution in [0.5, 0.6) is 0 Å². The second-order valence-electron chi connectivity index (χ2n) is 26.6. The summed E-state index contributed by atoms with van der Waals surface area (Å²) in [5.41, 5.74) is -1.09. The molecule has 2 heterocycles. The molecule has 1 saturated heterocycles. The van der Waals surface area contributed by atoms with Crippen LogP contribution in [-0.4, -0.2) is 48.3 Å². The molecule has 0 radical (unpaired) electrons. The highest BCUT2D eigenvalue weighted by atomic mass is 16.6. The molecule has 5 N–H and O–H groups in total. The number of aliphatic hydroxyl groups is 3. The summed E-state index contributed by atoms with van der Waals surface area (Å²) < 4.78 is 9.03. The van der Waals surface area contributed by atoms with Crippen molar-refractivity contribution in [1.82, 2.24) is 9.55 Å². The van der Waals surface area contributed by atoms with Crippen LogP contribution in [0.25, 0.3) is 0 Å². The lowest BCUT2D eigenvalue weighted by atomic mass is 9.63. The zero-order chi connectivity index (χ0) is 58.7. The van der Waals surface area contributed by atoms with E-state index in [1.807, 2.05) is 0 Å². The van der Waals surface area contributed by atoms with Crippen molar-refractivity contribution >= 4 is 5.82 Å². The van der Waals surface area contributed by atoms with Crippen LogP contribution in [0, 0.1) is 0 Å². The highest BCUT2D eigenvalue weighted by Gasteiger charge is 2.78. The van der Waals surface area contributed by atoms with Gasteiger partial charge in [0.25, 0.3) is 0 Å². The number of aliphatic hydroxyl groups excluding tert-OH is 1. The van der Waals surface area contributed by atoms with E-state index in [1.165, 1.54) is 287 Å². The van der Waals surface area contributed by atoms with Gasteiger partial charge in [-0.25, -0.2) is 4.79 Å². The predicted octanol–water partition coefficient (Wildman–Crippen LogP) is 22.2. The van der Waals surface area contributed by atoms with E-state index in [0.29, 0.717) is 25.7 Å². The van der Waals surface area contributed by atoms with E-state index in [2.05, 4.69) is 32.7 Å². The highest BCUT2D eigenvalue weighted by molar-refractivity contribution is 5.28. The van der Waals surface area contributed by atoms with Crippen LogP contribution in [0.4, 0.5) is 5.82 Å². The van der Waals surface area contributed by atoms with Gasteiger partial charge in [-0.3, -0.25) is 4.57 Å². The standard InChI is InChI=1S/C73H141N3O5/c1-5-9-13-17-21-25-29-33-37-41-45-49-53-57-62-70(67-77)71(79,63-58-54-50-46-42-38-34-30-26-22-18-14-10-6-2)72(80,64-59-55-51-47-43-39-35-31-27-23-19-15-11-7-3)73(81-70,76-66-61-68(74)75-69(76)78)65-60-56-52-48-44-40-36-32-28-24-20-16-12-8-4/h61,66,77,79-80H,5-60,62-65,67H2,1-4H3,(H2,74,75,78)/t70-,71-,72-,73-/m1/s1. The number of nitrogen functional groups attached to an aromatic ring is 1. The number of ether oxygens (including phenoxy) is 1. The average molecular weight is 1140 g/mol. The number of nitrogens with zero attached hydrogens (tertiary/aromatic N) is 2. The first-order valence-electron chi connectivity index (χ1n) is 36.8. The van der Waals surface area contributed by atoms with Gasteiger partial charge >= 0.3 is 5.69 Å². The van der Waals surface area contributed by atoms with Crippen LogP contribution in [0.3, 0.4) is 0 Å². The molecule has 0 saturated carbocycles. The van der Waals surface area contributed by atoms with Gasteiger partial charge < -0.3 is 25.8 Å². The number of aromatic nitrogens is 2. The van der Waals surface area contributed by atoms with Gasteiger partial charge in [0, 0.05) is 6.20 Å². The Morgan fingerprint density at radius 2 is 0.605 bits per heavy atom. The maximum Gasteiger partial charge on any atom is 0.351 e. The summed E-state index contributed by atoms with van der Waals surface area (Å²) in [4.78, 5) is 18.7. The normalized spacial score (nSPS) is 20.1. The molecule has 0 unspecified atom stereocenters. The van der Waals surface area contributed by atoms with E-state index in [1.54, 1.807) is 12.3 Å². The lowest BCUT2D eigenvalue weighted by Crippen LogP contribution is -2.68. The van der Waals surface area contributed by atoms with Gasteiger partial charge in [-0.1, -0.05) is 381 Å². The molecule has 4 atom stereocenters. The minimum absolute atomic E-state index is 0.130. The van der Waals surface area contributed by atoms with Crippen molar-refractivity contribution in [2.24, 2.45) is 0 Å². The van der Waals surface area contributed by atoms with Gasteiger partial charge in [0.15, 0.2) is 5.72 Å². The fourth-order valence-electron chi connectivity index (χ4n) is 14.2. The van der Waals surface area contributed by atoms with E-state index in [-0.39, 0.29) is 12.2 Å². The van der Waals surface area contributed by atoms with Gasteiger partial charge in [0.05, 0.1) is 6.61 Å². The summed E-state index contributed by atoms with van der Waals surface area (Å²) in [5, 5.41) is 40.1. The van der Waals surface area contributed by atoms with E-state index < -0.39 is 34.8 Å². The van der Waals surface area contributed by atoms with Gasteiger partial charge in [0.2, 0.25) is 0 Å². The summed E-state index contributed by atoms with van der Waals surface area (Å²) in [6.07, 6.45) is 72.1. The molecule has 1 aliphatic heterocycles. The van der Waals surface area contributed by atoms with Crippen LogP contribution in [0.15, 0.2) is 17.1 Å². The van der Waals surface area contributed by atoms with Crippen molar-refractivity contribution in [3.63, 3.8) is 0 Å². The number of rotatable bonds is 62. The molecule has 1 fully saturated rings. The van der Waals surface area contributed by atoms with E-state index >= 15 is 0 Å². The van der Waals surface area contributed by atoms with Crippen LogP contribution in [0.2, 0.25) is 0 Å². The van der Waals surface area contributed by atoms with Gasteiger partial charge in [-0.2, -0.15) is 4.98 Å². The summed E-state index contributed by atoms with van der Waals surface area (Å²) >= 11 is 0. The summed E-state index contributed by atoms with van der Waals surface area (Å²) in [6.45, 7) is 8.72. The topological polar surface area (TPSA) is 131 Å². The summed E-state index contributed by atoms with van der Waals surface area (Å²) in [5.74, 6) is 0.130. The molecule has 478 valence electrons. The Hall–Kier alpha value is -1.48. The zero-order valence-corrected chi connectivity index (χ0v) is 54.9. The molecule has 8 nitrogen and oxygen atoms in total. The Morgan fingerprint density at radius 1 is 0.370 bits per heavy atom. The van der Waals surface area contributed by atoms with Crippen LogP contribution >= 0.6 is 0 Å². The third kappa shape index (κ3) is 31.1. The number of anilines is 1. The van der Waals surface area contributed by atoms with Crippen molar-refractivity contribution in [3.8, 4) is 0 Å². The molecule has 8 heteroatoms. The van der Waals surface area contributed by atoms with Crippen molar-refractivity contribution in [1.29, 1.82) is 0 Å². The second-order valence-corrected chi connectivity index (χ2v) is 26.6. The van der Waals surface area contributed by atoms with Crippen molar-refractivity contribution in [2.45, 2.75) is 435 Å². The van der Waals surface area contributed by atoms with Gasteiger partial charge in [-0.15, -0.1) is 0 Å². The molecular weight excluding hydrogens is 999 g/mol. The molecule has 0 amide bonds. The van der Waals surface area contributed by atoms with Crippen LogP contribution in [-0.2, 0) is 10.5 Å². The monoisotopic (exact) mass is 1140 g/mol. The highest BCUT2D eigenvalue weighted by Crippen LogP contribution is 2.61. The average Bonchev–Trinajstić information content (AvgIpc) is 3.62. The van der Waals surface area contributed by atoms with Gasteiger partial charge in [-0.05, 0) is 38.2 Å². The third-order valence-corrected chi connectivity index (χ3v) is 19.5. The first-order chi connectivity index (χ1) is 39.7. The molecule has 1 aromatic heterocycles. The third-order valence-electron chi connectivity index (χ3n) is 19.5. The predicted molar refractivity (Wildman–Crippen MR) is 351 cm³/mol. The summed E-state index contributed by atoms with van der Waals surface area (Å²) in [7, 11) is 0. The van der Waals surface area contributed by atoms with E-state index in [0.717, 1.165) is 70.6 Å². The Morgan fingerprint density at radius 3 is 0.864 bits per heavy atom. The minimum atomic E-state index is -1.86. The summed E-state index contributed by atoms with van der Waals surface area (Å²) in [6, 6.07) is 1.64. The molecule has 0 spiro atoms. The van der Waals surface area contributed by atoms with Crippen molar-refractivity contribution in [2.75, 3.05) is 12.3 Å². The Kier molecular flexibility index (Phi) is 47.3. The Balaban J connectivity index is 2.33. The first kappa shape index (κ1) is 75.6. The van der Waals surface area contributed by atoms with Gasteiger partial charge in [0.1, 0.15) is 22.6 Å². The number of nitrogens with two attached hydrogens (primary N) is 1. The lowest BCUT2D eigenvalue weighted by Gasteiger charge is -2.49. The fraction of sp³-hybridized carbons (Fsp3) is 0.945. The maximum atomic E-state index is 14.4. The minimum Gasteiger partial charge on any atom is -0.393 e. The number of hydrogen-bond acceptors (Lipinski definition) is 7. The molecule has 81 heavy (non-hydrogen) atoms. The molecule has 0 aromatic carbocycles. The molecular formula is C73H141N3O5. The molecule has 0 aliphatic carbocycles. The maximum absolute atomic E-state index is 14.4. The number of hydrogen-bond donors (Lipinski definition) is 4. The lowest BCUT2D eigenvalue weighted by molar-refractivity contribution is -0.225.